The minimum absolute atomic E-state index is 0.00806. The van der Waals surface area contributed by atoms with Crippen molar-refractivity contribution in [1.82, 2.24) is 20.4 Å². The molecule has 1 aliphatic heterocycles. The van der Waals surface area contributed by atoms with E-state index in [4.69, 9.17) is 10.3 Å². The highest BCUT2D eigenvalue weighted by Gasteiger charge is 2.36. The van der Waals surface area contributed by atoms with Crippen LogP contribution in [0.15, 0.2) is 58.4 Å². The Hall–Kier alpha value is -4.15. The van der Waals surface area contributed by atoms with Crippen molar-refractivity contribution < 1.29 is 18.5 Å². The molecule has 2 atom stereocenters. The molecule has 3 aromatic rings. The first kappa shape index (κ1) is 22.1. The fourth-order valence-electron chi connectivity index (χ4n) is 3.41. The number of carbonyl (C=O) groups is 2. The van der Waals surface area contributed by atoms with E-state index in [2.05, 4.69) is 25.5 Å². The van der Waals surface area contributed by atoms with Gasteiger partial charge in [0.25, 0.3) is 5.91 Å². The van der Waals surface area contributed by atoms with Gasteiger partial charge < -0.3 is 15.6 Å². The van der Waals surface area contributed by atoms with Gasteiger partial charge in [0, 0.05) is 24.4 Å². The van der Waals surface area contributed by atoms with Crippen LogP contribution in [0.2, 0.25) is 0 Å². The standard InChI is InChI=1S/C22H22FN7O3/c1-12(2)18(22-27-20(29-33-22)13-4-3-9-25-11-13)26-21(32)16-10-17(19(24)31)30(28-16)15-7-5-14(23)6-8-15/h3-9,11-12,17-18H,10H2,1-2H3,(H2,24,31)(H,26,32). The zero-order valence-corrected chi connectivity index (χ0v) is 18.0. The quantitative estimate of drug-likeness (QED) is 0.561. The summed E-state index contributed by atoms with van der Waals surface area (Å²) in [4.78, 5) is 33.4. The highest BCUT2D eigenvalue weighted by Crippen LogP contribution is 2.27. The largest absolute Gasteiger partial charge is 0.368 e. The molecule has 10 nitrogen and oxygen atoms in total. The molecule has 0 saturated carbocycles. The molecule has 1 aromatic carbocycles. The number of halogens is 1. The van der Waals surface area contributed by atoms with E-state index in [1.165, 1.54) is 29.3 Å². The predicted molar refractivity (Wildman–Crippen MR) is 117 cm³/mol. The second-order valence-electron chi connectivity index (χ2n) is 7.88. The lowest BCUT2D eigenvalue weighted by molar-refractivity contribution is -0.119. The van der Waals surface area contributed by atoms with Gasteiger partial charge in [0.2, 0.25) is 17.6 Å². The number of hydrazone groups is 1. The summed E-state index contributed by atoms with van der Waals surface area (Å²) in [6, 6.07) is 7.50. The minimum Gasteiger partial charge on any atom is -0.368 e. The highest BCUT2D eigenvalue weighted by molar-refractivity contribution is 6.40. The van der Waals surface area contributed by atoms with Crippen LogP contribution in [0.5, 0.6) is 0 Å². The fraction of sp³-hybridized carbons (Fsp3) is 0.273. The maximum atomic E-state index is 13.3. The molecule has 4 rings (SSSR count). The second kappa shape index (κ2) is 9.15. The average molecular weight is 451 g/mol. The van der Waals surface area contributed by atoms with E-state index in [1.54, 1.807) is 24.5 Å². The van der Waals surface area contributed by atoms with Crippen LogP contribution in [-0.2, 0) is 9.59 Å². The number of hydrogen-bond donors (Lipinski definition) is 2. The number of amides is 2. The van der Waals surface area contributed by atoms with Gasteiger partial charge in [-0.05, 0) is 42.3 Å². The summed E-state index contributed by atoms with van der Waals surface area (Å²) in [6.07, 6.45) is 3.26. The van der Waals surface area contributed by atoms with Crippen molar-refractivity contribution in [3.63, 3.8) is 0 Å². The normalized spacial score (nSPS) is 16.5. The number of nitrogens with two attached hydrogens (primary N) is 1. The highest BCUT2D eigenvalue weighted by atomic mass is 19.1. The molecular formula is C22H22FN7O3. The second-order valence-corrected chi connectivity index (χ2v) is 7.88. The third kappa shape index (κ3) is 4.71. The minimum atomic E-state index is -0.866. The van der Waals surface area contributed by atoms with Gasteiger partial charge in [0.05, 0.1) is 5.69 Å². The number of carbonyl (C=O) groups excluding carboxylic acids is 2. The number of aromatic nitrogens is 3. The topological polar surface area (TPSA) is 140 Å². The van der Waals surface area contributed by atoms with E-state index in [9.17, 15) is 14.0 Å². The molecular weight excluding hydrogens is 429 g/mol. The van der Waals surface area contributed by atoms with E-state index in [1.807, 2.05) is 13.8 Å². The lowest BCUT2D eigenvalue weighted by Crippen LogP contribution is -2.40. The van der Waals surface area contributed by atoms with Crippen LogP contribution >= 0.6 is 0 Å². The summed E-state index contributed by atoms with van der Waals surface area (Å²) in [5.74, 6) is -1.07. The Morgan fingerprint density at radius 3 is 2.64 bits per heavy atom. The van der Waals surface area contributed by atoms with Gasteiger partial charge in [-0.3, -0.25) is 19.6 Å². The number of benzene rings is 1. The van der Waals surface area contributed by atoms with Gasteiger partial charge in [-0.2, -0.15) is 10.1 Å². The maximum Gasteiger partial charge on any atom is 0.268 e. The number of anilines is 1. The van der Waals surface area contributed by atoms with Crippen molar-refractivity contribution in [1.29, 1.82) is 0 Å². The molecule has 33 heavy (non-hydrogen) atoms. The first-order valence-electron chi connectivity index (χ1n) is 10.3. The van der Waals surface area contributed by atoms with Crippen molar-refractivity contribution in [3.05, 3.63) is 60.5 Å². The number of nitrogens with one attached hydrogen (secondary N) is 1. The lowest BCUT2D eigenvalue weighted by atomic mass is 10.0. The summed E-state index contributed by atoms with van der Waals surface area (Å²) in [5, 5.41) is 12.5. The number of pyridine rings is 1. The van der Waals surface area contributed by atoms with E-state index in [0.29, 0.717) is 17.1 Å². The van der Waals surface area contributed by atoms with E-state index < -0.39 is 29.7 Å². The Bertz CT molecular complexity index is 1180. The Morgan fingerprint density at radius 2 is 2.00 bits per heavy atom. The van der Waals surface area contributed by atoms with Gasteiger partial charge in [0.15, 0.2) is 0 Å². The van der Waals surface area contributed by atoms with Crippen LogP contribution in [0.1, 0.15) is 32.2 Å². The van der Waals surface area contributed by atoms with Crippen molar-refractivity contribution in [2.45, 2.75) is 32.4 Å². The van der Waals surface area contributed by atoms with E-state index in [-0.39, 0.29) is 23.9 Å². The predicted octanol–water partition coefficient (Wildman–Crippen LogP) is 2.20. The molecule has 2 aromatic heterocycles. The molecule has 2 unspecified atom stereocenters. The fourth-order valence-corrected chi connectivity index (χ4v) is 3.41. The molecule has 3 N–H and O–H groups in total. The molecule has 0 saturated heterocycles. The molecule has 0 aliphatic carbocycles. The van der Waals surface area contributed by atoms with Gasteiger partial charge in [0.1, 0.15) is 23.6 Å². The molecule has 0 radical (unpaired) electrons. The Labute approximate surface area is 188 Å². The van der Waals surface area contributed by atoms with Crippen molar-refractivity contribution >= 4 is 23.2 Å². The third-order valence-electron chi connectivity index (χ3n) is 5.17. The van der Waals surface area contributed by atoms with Crippen LogP contribution in [0.25, 0.3) is 11.4 Å². The van der Waals surface area contributed by atoms with E-state index in [0.717, 1.165) is 0 Å². The van der Waals surface area contributed by atoms with Crippen LogP contribution in [0.3, 0.4) is 0 Å². The van der Waals surface area contributed by atoms with Gasteiger partial charge in [-0.15, -0.1) is 0 Å². The third-order valence-corrected chi connectivity index (χ3v) is 5.17. The van der Waals surface area contributed by atoms with Crippen LogP contribution in [-0.4, -0.2) is 38.7 Å². The number of nitrogens with zero attached hydrogens (tertiary/aromatic N) is 5. The zero-order chi connectivity index (χ0) is 23.5. The number of rotatable bonds is 7. The summed E-state index contributed by atoms with van der Waals surface area (Å²) >= 11 is 0. The number of hydrogen-bond acceptors (Lipinski definition) is 8. The Kier molecular flexibility index (Phi) is 6.11. The zero-order valence-electron chi connectivity index (χ0n) is 18.0. The SMILES string of the molecule is CC(C)C(NC(=O)C1=NN(c2ccc(F)cc2)C(C(N)=O)C1)c1nc(-c2cccnc2)no1. The monoisotopic (exact) mass is 451 g/mol. The molecule has 0 bridgehead atoms. The first-order valence-corrected chi connectivity index (χ1v) is 10.3. The van der Waals surface area contributed by atoms with Crippen molar-refractivity contribution in [2.24, 2.45) is 16.8 Å². The molecule has 170 valence electrons. The first-order chi connectivity index (χ1) is 15.8. The van der Waals surface area contributed by atoms with Gasteiger partial charge >= 0.3 is 0 Å². The average Bonchev–Trinajstić information content (AvgIpc) is 3.46. The number of primary amides is 1. The van der Waals surface area contributed by atoms with E-state index >= 15 is 0 Å². The van der Waals surface area contributed by atoms with Crippen molar-refractivity contribution in [2.75, 3.05) is 5.01 Å². The van der Waals surface area contributed by atoms with Gasteiger partial charge in [-0.25, -0.2) is 4.39 Å². The summed E-state index contributed by atoms with van der Waals surface area (Å²) in [5.41, 5.74) is 6.76. The summed E-state index contributed by atoms with van der Waals surface area (Å²) in [7, 11) is 0. The molecule has 0 spiro atoms. The molecule has 11 heteroatoms. The Morgan fingerprint density at radius 1 is 1.24 bits per heavy atom. The van der Waals surface area contributed by atoms with Crippen LogP contribution in [0.4, 0.5) is 10.1 Å². The Balaban J connectivity index is 1.55. The molecule has 3 heterocycles. The van der Waals surface area contributed by atoms with Crippen LogP contribution in [0, 0.1) is 11.7 Å². The summed E-state index contributed by atoms with van der Waals surface area (Å²) < 4.78 is 18.7. The summed E-state index contributed by atoms with van der Waals surface area (Å²) in [6.45, 7) is 3.79. The maximum absolute atomic E-state index is 13.3. The molecule has 2 amide bonds. The van der Waals surface area contributed by atoms with Crippen LogP contribution < -0.4 is 16.1 Å². The lowest BCUT2D eigenvalue weighted by Gasteiger charge is -2.20. The smallest absolute Gasteiger partial charge is 0.268 e. The van der Waals surface area contributed by atoms with Crippen molar-refractivity contribution in [3.8, 4) is 11.4 Å². The van der Waals surface area contributed by atoms with Gasteiger partial charge in [-0.1, -0.05) is 19.0 Å². The molecule has 0 fully saturated rings. The molecule has 1 aliphatic rings.